The minimum Gasteiger partial charge on any atom is -0.478 e. The van der Waals surface area contributed by atoms with Gasteiger partial charge in [-0.3, -0.25) is 4.79 Å². The lowest BCUT2D eigenvalue weighted by Gasteiger charge is -2.02. The molecule has 2 N–H and O–H groups in total. The van der Waals surface area contributed by atoms with E-state index in [0.29, 0.717) is 19.8 Å². The Kier molecular flexibility index (Phi) is 7.99. The molecule has 0 atom stereocenters. The van der Waals surface area contributed by atoms with Crippen molar-refractivity contribution in [2.24, 2.45) is 0 Å². The Balaban J connectivity index is 3.39. The standard InChI is InChI=1S/C10H15NO4/c1-2-3-7-15-8-6-11-9(12)4-5-10(13)14/h2,4-5H,1,3,6-8H2,(H,11,12)(H,13,14)/b5-4+. The minimum absolute atomic E-state index is 0.361. The maximum Gasteiger partial charge on any atom is 0.328 e. The van der Waals surface area contributed by atoms with E-state index in [2.05, 4.69) is 11.9 Å². The Morgan fingerprint density at radius 3 is 2.67 bits per heavy atom. The Bertz CT molecular complexity index is 248. The van der Waals surface area contributed by atoms with Crippen LogP contribution in [0.4, 0.5) is 0 Å². The van der Waals surface area contributed by atoms with Crippen molar-refractivity contribution in [2.75, 3.05) is 19.8 Å². The number of carboxylic acids is 1. The summed E-state index contributed by atoms with van der Waals surface area (Å²) in [5.41, 5.74) is 0. The highest BCUT2D eigenvalue weighted by atomic mass is 16.5. The molecular formula is C10H15NO4. The number of nitrogens with one attached hydrogen (secondary N) is 1. The molecular weight excluding hydrogens is 198 g/mol. The van der Waals surface area contributed by atoms with Crippen molar-refractivity contribution >= 4 is 11.9 Å². The van der Waals surface area contributed by atoms with Crippen LogP contribution in [0.15, 0.2) is 24.8 Å². The highest BCUT2D eigenvalue weighted by molar-refractivity contribution is 5.93. The number of aliphatic carboxylic acids is 1. The van der Waals surface area contributed by atoms with E-state index in [1.165, 1.54) is 0 Å². The molecule has 0 fully saturated rings. The molecule has 15 heavy (non-hydrogen) atoms. The van der Waals surface area contributed by atoms with E-state index in [-0.39, 0.29) is 0 Å². The van der Waals surface area contributed by atoms with Crippen molar-refractivity contribution in [3.63, 3.8) is 0 Å². The smallest absolute Gasteiger partial charge is 0.328 e. The molecule has 0 bridgehead atoms. The molecule has 0 radical (unpaired) electrons. The third kappa shape index (κ3) is 10.3. The average molecular weight is 213 g/mol. The van der Waals surface area contributed by atoms with Crippen molar-refractivity contribution < 1.29 is 19.4 Å². The summed E-state index contributed by atoms with van der Waals surface area (Å²) in [7, 11) is 0. The second-order valence-corrected chi connectivity index (χ2v) is 2.65. The van der Waals surface area contributed by atoms with E-state index < -0.39 is 11.9 Å². The molecule has 0 saturated carbocycles. The first-order chi connectivity index (χ1) is 7.16. The highest BCUT2D eigenvalue weighted by Gasteiger charge is 1.95. The summed E-state index contributed by atoms with van der Waals surface area (Å²) in [5, 5.41) is 10.7. The van der Waals surface area contributed by atoms with Gasteiger partial charge in [-0.05, 0) is 6.42 Å². The predicted molar refractivity (Wildman–Crippen MR) is 55.4 cm³/mol. The van der Waals surface area contributed by atoms with Crippen LogP contribution in [0.5, 0.6) is 0 Å². The van der Waals surface area contributed by atoms with Gasteiger partial charge in [0.05, 0.1) is 13.2 Å². The van der Waals surface area contributed by atoms with E-state index in [1.54, 1.807) is 6.08 Å². The maximum atomic E-state index is 10.9. The molecule has 0 unspecified atom stereocenters. The van der Waals surface area contributed by atoms with E-state index in [9.17, 15) is 9.59 Å². The minimum atomic E-state index is -1.15. The van der Waals surface area contributed by atoms with Gasteiger partial charge in [-0.2, -0.15) is 0 Å². The summed E-state index contributed by atoms with van der Waals surface area (Å²) >= 11 is 0. The molecule has 0 aromatic rings. The monoisotopic (exact) mass is 213 g/mol. The number of carbonyl (C=O) groups is 2. The van der Waals surface area contributed by atoms with Crippen LogP contribution in [-0.2, 0) is 14.3 Å². The van der Waals surface area contributed by atoms with Crippen molar-refractivity contribution in [1.29, 1.82) is 0 Å². The number of hydrogen-bond acceptors (Lipinski definition) is 3. The number of carboxylic acid groups (broad SMARTS) is 1. The maximum absolute atomic E-state index is 10.9. The topological polar surface area (TPSA) is 75.6 Å². The first kappa shape index (κ1) is 13.4. The van der Waals surface area contributed by atoms with Crippen LogP contribution in [-0.4, -0.2) is 36.7 Å². The largest absolute Gasteiger partial charge is 0.478 e. The van der Waals surface area contributed by atoms with Gasteiger partial charge in [-0.1, -0.05) is 6.08 Å². The van der Waals surface area contributed by atoms with Gasteiger partial charge in [0.1, 0.15) is 0 Å². The molecule has 5 heteroatoms. The zero-order chi connectivity index (χ0) is 11.5. The second kappa shape index (κ2) is 8.96. The molecule has 0 spiro atoms. The van der Waals surface area contributed by atoms with Crippen LogP contribution in [0.25, 0.3) is 0 Å². The third-order valence-corrected chi connectivity index (χ3v) is 1.39. The van der Waals surface area contributed by atoms with Gasteiger partial charge in [-0.25, -0.2) is 4.79 Å². The lowest BCUT2D eigenvalue weighted by Crippen LogP contribution is -2.25. The van der Waals surface area contributed by atoms with Gasteiger partial charge in [0.25, 0.3) is 0 Å². The molecule has 0 aromatic carbocycles. The number of ether oxygens (including phenoxy) is 1. The Morgan fingerprint density at radius 2 is 2.07 bits per heavy atom. The fourth-order valence-electron chi connectivity index (χ4n) is 0.721. The number of hydrogen-bond donors (Lipinski definition) is 2. The number of amides is 1. The van der Waals surface area contributed by atoms with Gasteiger partial charge in [0.15, 0.2) is 0 Å². The van der Waals surface area contributed by atoms with Crippen LogP contribution < -0.4 is 5.32 Å². The van der Waals surface area contributed by atoms with E-state index in [1.807, 2.05) is 0 Å². The van der Waals surface area contributed by atoms with Gasteiger partial charge in [-0.15, -0.1) is 6.58 Å². The van der Waals surface area contributed by atoms with E-state index in [4.69, 9.17) is 9.84 Å². The van der Waals surface area contributed by atoms with Crippen LogP contribution in [0, 0.1) is 0 Å². The molecule has 0 heterocycles. The molecule has 0 aliphatic heterocycles. The van der Waals surface area contributed by atoms with Crippen LogP contribution >= 0.6 is 0 Å². The Hall–Kier alpha value is -1.62. The summed E-state index contributed by atoms with van der Waals surface area (Å²) in [4.78, 5) is 21.0. The molecule has 0 aliphatic carbocycles. The van der Waals surface area contributed by atoms with Crippen LogP contribution in [0.3, 0.4) is 0 Å². The first-order valence-electron chi connectivity index (χ1n) is 4.54. The number of rotatable bonds is 8. The summed E-state index contributed by atoms with van der Waals surface area (Å²) in [6, 6.07) is 0. The Morgan fingerprint density at radius 1 is 1.33 bits per heavy atom. The SMILES string of the molecule is C=CCCOCCNC(=O)/C=C/C(=O)O. The second-order valence-electron chi connectivity index (χ2n) is 2.65. The lowest BCUT2D eigenvalue weighted by atomic mass is 10.4. The summed E-state index contributed by atoms with van der Waals surface area (Å²) in [6.45, 7) is 4.87. The van der Waals surface area contributed by atoms with Gasteiger partial charge < -0.3 is 15.2 Å². The normalized spacial score (nSPS) is 10.1. The fourth-order valence-corrected chi connectivity index (χ4v) is 0.721. The zero-order valence-electron chi connectivity index (χ0n) is 8.44. The zero-order valence-corrected chi connectivity index (χ0v) is 8.44. The lowest BCUT2D eigenvalue weighted by molar-refractivity contribution is -0.131. The van der Waals surface area contributed by atoms with Crippen molar-refractivity contribution in [2.45, 2.75) is 6.42 Å². The highest BCUT2D eigenvalue weighted by Crippen LogP contribution is 1.82. The van der Waals surface area contributed by atoms with Crippen molar-refractivity contribution in [3.8, 4) is 0 Å². The summed E-state index contributed by atoms with van der Waals surface area (Å²) < 4.78 is 5.12. The molecule has 0 rings (SSSR count). The van der Waals surface area contributed by atoms with Crippen LogP contribution in [0.2, 0.25) is 0 Å². The molecule has 0 aromatic heterocycles. The molecule has 5 nitrogen and oxygen atoms in total. The molecule has 1 amide bonds. The van der Waals surface area contributed by atoms with Crippen LogP contribution in [0.1, 0.15) is 6.42 Å². The van der Waals surface area contributed by atoms with Gasteiger partial charge >= 0.3 is 5.97 Å². The average Bonchev–Trinajstić information content (AvgIpc) is 2.20. The van der Waals surface area contributed by atoms with E-state index in [0.717, 1.165) is 18.6 Å². The van der Waals surface area contributed by atoms with Crippen molar-refractivity contribution in [3.05, 3.63) is 24.8 Å². The molecule has 0 aliphatic rings. The quantitative estimate of drug-likeness (QED) is 0.346. The van der Waals surface area contributed by atoms with Crippen molar-refractivity contribution in [1.82, 2.24) is 5.32 Å². The van der Waals surface area contributed by atoms with E-state index >= 15 is 0 Å². The predicted octanol–water partition coefficient (Wildman–Crippen LogP) is 0.336. The summed E-state index contributed by atoms with van der Waals surface area (Å²) in [5.74, 6) is -1.59. The number of carbonyl (C=O) groups excluding carboxylic acids is 1. The summed E-state index contributed by atoms with van der Waals surface area (Å²) in [6.07, 6.45) is 4.26. The first-order valence-corrected chi connectivity index (χ1v) is 4.54. The molecule has 0 saturated heterocycles. The third-order valence-electron chi connectivity index (χ3n) is 1.39. The molecule has 84 valence electrons. The fraction of sp³-hybridized carbons (Fsp3) is 0.400. The Labute approximate surface area is 88.4 Å². The van der Waals surface area contributed by atoms with Gasteiger partial charge in [0, 0.05) is 18.7 Å². The van der Waals surface area contributed by atoms with Gasteiger partial charge in [0.2, 0.25) is 5.91 Å².